The lowest BCUT2D eigenvalue weighted by molar-refractivity contribution is 0.0929. The number of nitrogens with one attached hydrogen (secondary N) is 1. The predicted molar refractivity (Wildman–Crippen MR) is 97.6 cm³/mol. The first-order valence-corrected chi connectivity index (χ1v) is 11.3. The Morgan fingerprint density at radius 1 is 1.08 bits per heavy atom. The summed E-state index contributed by atoms with van der Waals surface area (Å²) in [5.74, 6) is 0.269. The number of hydrogen-bond acceptors (Lipinski definition) is 4. The normalized spacial score (nSPS) is 24.6. The molecule has 0 radical (unpaired) electrons. The number of sulfone groups is 1. The van der Waals surface area contributed by atoms with E-state index in [1.165, 1.54) is 32.1 Å². The standard InChI is InChI=1S/C18H29N3O3S/c1-13-17(18(22)19-15-8-6-4-3-5-7-9-15)14(2)21(20-13)16-10-11-25(23,24)12-16/h15-16H,3-12H2,1-2H3,(H,19,22)/t16-/m1/s1. The second-order valence-corrected chi connectivity index (χ2v) is 9.79. The number of aromatic nitrogens is 2. The second kappa shape index (κ2) is 7.48. The maximum atomic E-state index is 12.8. The van der Waals surface area contributed by atoms with Crippen LogP contribution in [0.2, 0.25) is 0 Å². The molecular formula is C18H29N3O3S. The van der Waals surface area contributed by atoms with E-state index in [4.69, 9.17) is 0 Å². The van der Waals surface area contributed by atoms with Crippen LogP contribution in [0, 0.1) is 13.8 Å². The van der Waals surface area contributed by atoms with Crippen molar-refractivity contribution in [3.63, 3.8) is 0 Å². The van der Waals surface area contributed by atoms with Crippen LogP contribution in [-0.2, 0) is 9.84 Å². The Hall–Kier alpha value is -1.37. The van der Waals surface area contributed by atoms with Gasteiger partial charge < -0.3 is 5.32 Å². The maximum absolute atomic E-state index is 12.8. The molecule has 3 rings (SSSR count). The number of rotatable bonds is 3. The van der Waals surface area contributed by atoms with Gasteiger partial charge in [0, 0.05) is 11.7 Å². The quantitative estimate of drug-likeness (QED) is 0.890. The molecule has 2 aliphatic rings. The van der Waals surface area contributed by atoms with E-state index in [9.17, 15) is 13.2 Å². The number of aryl methyl sites for hydroxylation is 1. The monoisotopic (exact) mass is 367 g/mol. The number of carbonyl (C=O) groups is 1. The number of hydrogen-bond donors (Lipinski definition) is 1. The summed E-state index contributed by atoms with van der Waals surface area (Å²) in [7, 11) is -2.98. The predicted octanol–water partition coefficient (Wildman–Crippen LogP) is 2.70. The number of amides is 1. The minimum atomic E-state index is -2.98. The third-order valence-electron chi connectivity index (χ3n) is 5.55. The zero-order valence-electron chi connectivity index (χ0n) is 15.3. The van der Waals surface area contributed by atoms with Crippen LogP contribution in [0.1, 0.15) is 79.2 Å². The van der Waals surface area contributed by atoms with E-state index in [0.717, 1.165) is 18.5 Å². The molecule has 1 aromatic heterocycles. The molecule has 1 amide bonds. The lowest BCUT2D eigenvalue weighted by atomic mass is 9.96. The minimum absolute atomic E-state index is 0.0623. The fourth-order valence-electron chi connectivity index (χ4n) is 4.17. The lowest BCUT2D eigenvalue weighted by Gasteiger charge is -2.21. The molecule has 1 aliphatic heterocycles. The molecule has 0 bridgehead atoms. The second-order valence-electron chi connectivity index (χ2n) is 7.56. The summed E-state index contributed by atoms with van der Waals surface area (Å²) < 4.78 is 25.3. The van der Waals surface area contributed by atoms with Crippen LogP contribution in [0.15, 0.2) is 0 Å². The molecule has 1 atom stereocenters. The smallest absolute Gasteiger partial charge is 0.255 e. The van der Waals surface area contributed by atoms with Gasteiger partial charge in [-0.25, -0.2) is 8.42 Å². The summed E-state index contributed by atoms with van der Waals surface area (Å²) in [4.78, 5) is 12.8. The van der Waals surface area contributed by atoms with Gasteiger partial charge in [-0.3, -0.25) is 9.48 Å². The van der Waals surface area contributed by atoms with Crippen LogP contribution >= 0.6 is 0 Å². The Morgan fingerprint density at radius 3 is 2.32 bits per heavy atom. The third-order valence-corrected chi connectivity index (χ3v) is 7.30. The molecule has 6 nitrogen and oxygen atoms in total. The van der Waals surface area contributed by atoms with Crippen molar-refractivity contribution in [2.24, 2.45) is 0 Å². The van der Waals surface area contributed by atoms with Crippen molar-refractivity contribution in [2.75, 3.05) is 11.5 Å². The van der Waals surface area contributed by atoms with E-state index in [1.54, 1.807) is 4.68 Å². The Bertz CT molecular complexity index is 731. The van der Waals surface area contributed by atoms with E-state index < -0.39 is 9.84 Å². The molecule has 140 valence electrons. The molecule has 2 heterocycles. The number of carbonyl (C=O) groups excluding carboxylic acids is 1. The van der Waals surface area contributed by atoms with Crippen LogP contribution < -0.4 is 5.32 Å². The van der Waals surface area contributed by atoms with Gasteiger partial charge >= 0.3 is 0 Å². The van der Waals surface area contributed by atoms with Gasteiger partial charge in [0.15, 0.2) is 9.84 Å². The van der Waals surface area contributed by atoms with Crippen LogP contribution in [-0.4, -0.2) is 41.7 Å². The van der Waals surface area contributed by atoms with Crippen LogP contribution in [0.3, 0.4) is 0 Å². The molecule has 1 aliphatic carbocycles. The van der Waals surface area contributed by atoms with E-state index in [1.807, 2.05) is 13.8 Å². The highest BCUT2D eigenvalue weighted by molar-refractivity contribution is 7.91. The van der Waals surface area contributed by atoms with Gasteiger partial charge in [0.25, 0.3) is 5.91 Å². The number of nitrogens with zero attached hydrogens (tertiary/aromatic N) is 2. The molecule has 1 saturated heterocycles. The molecule has 7 heteroatoms. The molecule has 1 N–H and O–H groups in total. The van der Waals surface area contributed by atoms with Crippen molar-refractivity contribution in [1.29, 1.82) is 0 Å². The highest BCUT2D eigenvalue weighted by Gasteiger charge is 2.32. The SMILES string of the molecule is Cc1nn([C@@H]2CCS(=O)(=O)C2)c(C)c1C(=O)NC1CCCCCCC1. The third kappa shape index (κ3) is 4.25. The largest absolute Gasteiger partial charge is 0.349 e. The molecule has 25 heavy (non-hydrogen) atoms. The Kier molecular flexibility index (Phi) is 5.51. The minimum Gasteiger partial charge on any atom is -0.349 e. The molecule has 0 unspecified atom stereocenters. The highest BCUT2D eigenvalue weighted by Crippen LogP contribution is 2.27. The van der Waals surface area contributed by atoms with E-state index in [0.29, 0.717) is 17.7 Å². The van der Waals surface area contributed by atoms with Crippen molar-refractivity contribution in [1.82, 2.24) is 15.1 Å². The summed E-state index contributed by atoms with van der Waals surface area (Å²) in [6, 6.07) is 0.0912. The topological polar surface area (TPSA) is 81.1 Å². The average Bonchev–Trinajstić information content (AvgIpc) is 3.01. The summed E-state index contributed by atoms with van der Waals surface area (Å²) >= 11 is 0. The average molecular weight is 368 g/mol. The van der Waals surface area contributed by atoms with Crippen LogP contribution in [0.5, 0.6) is 0 Å². The van der Waals surface area contributed by atoms with Gasteiger partial charge in [0.05, 0.1) is 28.8 Å². The molecule has 1 aromatic rings. The first-order valence-electron chi connectivity index (χ1n) is 9.44. The molecular weight excluding hydrogens is 338 g/mol. The van der Waals surface area contributed by atoms with Crippen molar-refractivity contribution in [3.8, 4) is 0 Å². The summed E-state index contributed by atoms with van der Waals surface area (Å²) in [5, 5.41) is 7.69. The Morgan fingerprint density at radius 2 is 1.72 bits per heavy atom. The fourth-order valence-corrected chi connectivity index (χ4v) is 5.87. The summed E-state index contributed by atoms with van der Waals surface area (Å²) in [6.07, 6.45) is 8.79. The highest BCUT2D eigenvalue weighted by atomic mass is 32.2. The summed E-state index contributed by atoms with van der Waals surface area (Å²) in [5.41, 5.74) is 2.08. The van der Waals surface area contributed by atoms with Gasteiger partial charge in [-0.05, 0) is 33.1 Å². The zero-order chi connectivity index (χ0) is 18.0. The van der Waals surface area contributed by atoms with E-state index in [2.05, 4.69) is 10.4 Å². The maximum Gasteiger partial charge on any atom is 0.255 e. The molecule has 1 saturated carbocycles. The Labute approximate surface area is 150 Å². The zero-order valence-corrected chi connectivity index (χ0v) is 16.1. The van der Waals surface area contributed by atoms with Crippen molar-refractivity contribution in [3.05, 3.63) is 17.0 Å². The van der Waals surface area contributed by atoms with Crippen molar-refractivity contribution in [2.45, 2.75) is 77.3 Å². The van der Waals surface area contributed by atoms with Gasteiger partial charge in [-0.15, -0.1) is 0 Å². The molecule has 2 fully saturated rings. The first-order chi connectivity index (χ1) is 11.9. The summed E-state index contributed by atoms with van der Waals surface area (Å²) in [6.45, 7) is 3.71. The molecule has 0 spiro atoms. The molecule has 0 aromatic carbocycles. The van der Waals surface area contributed by atoms with Gasteiger partial charge in [0.2, 0.25) is 0 Å². The van der Waals surface area contributed by atoms with Crippen LogP contribution in [0.4, 0.5) is 0 Å². The fraction of sp³-hybridized carbons (Fsp3) is 0.778. The lowest BCUT2D eigenvalue weighted by Crippen LogP contribution is -2.35. The van der Waals surface area contributed by atoms with Gasteiger partial charge in [0.1, 0.15) is 0 Å². The van der Waals surface area contributed by atoms with Gasteiger partial charge in [-0.2, -0.15) is 5.10 Å². The van der Waals surface area contributed by atoms with Crippen LogP contribution in [0.25, 0.3) is 0 Å². The first kappa shape index (κ1) is 18.4. The Balaban J connectivity index is 1.74. The van der Waals surface area contributed by atoms with E-state index in [-0.39, 0.29) is 29.5 Å². The van der Waals surface area contributed by atoms with Crippen molar-refractivity contribution < 1.29 is 13.2 Å². The van der Waals surface area contributed by atoms with E-state index >= 15 is 0 Å². The van der Waals surface area contributed by atoms with Gasteiger partial charge in [-0.1, -0.05) is 32.1 Å². The van der Waals surface area contributed by atoms with Crippen molar-refractivity contribution >= 4 is 15.7 Å².